The van der Waals surface area contributed by atoms with Crippen LogP contribution >= 0.6 is 0 Å². The zero-order chi connectivity index (χ0) is 27.9. The van der Waals surface area contributed by atoms with Gasteiger partial charge in [-0.3, -0.25) is 14.7 Å². The summed E-state index contributed by atoms with van der Waals surface area (Å²) < 4.78 is 7.99. The summed E-state index contributed by atoms with van der Waals surface area (Å²) in [5.74, 6) is 0.379. The number of rotatable bonds is 7. The largest absolute Gasteiger partial charge is 0.395 e. The number of hydrogen-bond acceptors (Lipinski definition) is 8. The number of hydrogen-bond donors (Lipinski definition) is 2. The van der Waals surface area contributed by atoms with Gasteiger partial charge in [0.05, 0.1) is 29.1 Å². The molecule has 10 heteroatoms. The Balaban J connectivity index is 1.16. The van der Waals surface area contributed by atoms with Gasteiger partial charge in [-0.25, -0.2) is 4.52 Å². The number of nitrogens with zero attached hydrogens (tertiary/aromatic N) is 6. The Bertz CT molecular complexity index is 1320. The van der Waals surface area contributed by atoms with E-state index in [1.807, 2.05) is 28.0 Å². The maximum atomic E-state index is 12.8. The molecule has 40 heavy (non-hydrogen) atoms. The number of ether oxygens (including phenoxy) is 1. The van der Waals surface area contributed by atoms with Crippen LogP contribution in [-0.4, -0.2) is 100 Å². The molecule has 6 rings (SSSR count). The fraction of sp³-hybridized carbons (Fsp3) is 0.567. The van der Waals surface area contributed by atoms with Crippen LogP contribution in [0, 0.1) is 5.92 Å². The van der Waals surface area contributed by atoms with Crippen LogP contribution in [0.4, 0.5) is 5.69 Å². The highest BCUT2D eigenvalue weighted by Gasteiger charge is 2.38. The molecule has 0 radical (unpaired) electrons. The summed E-state index contributed by atoms with van der Waals surface area (Å²) in [6.07, 6.45) is 9.19. The van der Waals surface area contributed by atoms with Crippen molar-refractivity contribution >= 4 is 17.1 Å². The Morgan fingerprint density at radius 2 is 1.90 bits per heavy atom. The number of piperazine rings is 1. The molecule has 1 amide bonds. The van der Waals surface area contributed by atoms with Gasteiger partial charge in [0, 0.05) is 94.1 Å². The molecule has 0 aromatic carbocycles. The van der Waals surface area contributed by atoms with Gasteiger partial charge < -0.3 is 25.4 Å². The first-order valence-corrected chi connectivity index (χ1v) is 14.5. The number of anilines is 1. The molecule has 0 unspecified atom stereocenters. The van der Waals surface area contributed by atoms with Crippen molar-refractivity contribution in [1.82, 2.24) is 24.4 Å². The zero-order valence-corrected chi connectivity index (χ0v) is 23.6. The van der Waals surface area contributed by atoms with Crippen molar-refractivity contribution < 1.29 is 14.6 Å². The van der Waals surface area contributed by atoms with Crippen LogP contribution in [0.5, 0.6) is 0 Å². The smallest absolute Gasteiger partial charge is 0.225 e. The SMILES string of the molecule is COC1(c2ccc(-c3cc4c(N5CCN(C(=O)C6CC(N)C6)CC5)ccnn4c3)nc2)CCN([C@H](C)CO)CC1. The molecule has 0 bridgehead atoms. The van der Waals surface area contributed by atoms with Crippen molar-refractivity contribution in [3.8, 4) is 11.3 Å². The lowest BCUT2D eigenvalue weighted by atomic mass is 9.80. The average molecular weight is 548 g/mol. The van der Waals surface area contributed by atoms with E-state index in [1.54, 1.807) is 7.11 Å². The number of methoxy groups -OCH3 is 1. The lowest BCUT2D eigenvalue weighted by Gasteiger charge is -2.42. The van der Waals surface area contributed by atoms with Crippen molar-refractivity contribution in [3.05, 3.63) is 48.4 Å². The van der Waals surface area contributed by atoms with Crippen LogP contribution in [0.15, 0.2) is 42.9 Å². The molecule has 3 fully saturated rings. The molecule has 1 atom stereocenters. The number of amides is 1. The molecule has 3 aromatic heterocycles. The first-order valence-electron chi connectivity index (χ1n) is 14.5. The minimum Gasteiger partial charge on any atom is -0.395 e. The van der Waals surface area contributed by atoms with E-state index >= 15 is 0 Å². The summed E-state index contributed by atoms with van der Waals surface area (Å²) in [4.78, 5) is 24.3. The maximum absolute atomic E-state index is 12.8. The van der Waals surface area contributed by atoms with Crippen LogP contribution in [0.25, 0.3) is 16.8 Å². The predicted octanol–water partition coefficient (Wildman–Crippen LogP) is 2.10. The summed E-state index contributed by atoms with van der Waals surface area (Å²) in [6.45, 7) is 7.05. The molecular weight excluding hydrogens is 506 g/mol. The van der Waals surface area contributed by atoms with Crippen molar-refractivity contribution in [2.75, 3.05) is 57.9 Å². The summed E-state index contributed by atoms with van der Waals surface area (Å²) in [5.41, 5.74) is 10.7. The van der Waals surface area contributed by atoms with Gasteiger partial charge in [-0.1, -0.05) is 6.07 Å². The number of aliphatic hydroxyl groups excluding tert-OH is 1. The van der Waals surface area contributed by atoms with Gasteiger partial charge in [0.25, 0.3) is 0 Å². The summed E-state index contributed by atoms with van der Waals surface area (Å²) >= 11 is 0. The number of carbonyl (C=O) groups excluding carboxylic acids is 1. The fourth-order valence-electron chi connectivity index (χ4n) is 6.58. The van der Waals surface area contributed by atoms with Crippen LogP contribution in [0.1, 0.15) is 38.2 Å². The first-order chi connectivity index (χ1) is 19.4. The number of aliphatic hydroxyl groups is 1. The van der Waals surface area contributed by atoms with Crippen molar-refractivity contribution in [2.24, 2.45) is 11.7 Å². The molecule has 3 aliphatic rings. The van der Waals surface area contributed by atoms with Gasteiger partial charge in [-0.2, -0.15) is 5.10 Å². The number of likely N-dealkylation sites (tertiary alicyclic amines) is 1. The fourth-order valence-corrected chi connectivity index (χ4v) is 6.58. The predicted molar refractivity (Wildman–Crippen MR) is 154 cm³/mol. The normalized spacial score (nSPS) is 24.2. The summed E-state index contributed by atoms with van der Waals surface area (Å²) in [5, 5.41) is 14.1. The van der Waals surface area contributed by atoms with Crippen LogP contribution in [0.3, 0.4) is 0 Å². The highest BCUT2D eigenvalue weighted by atomic mass is 16.5. The Morgan fingerprint density at radius 3 is 2.52 bits per heavy atom. The molecular formula is C30H41N7O3. The zero-order valence-electron chi connectivity index (χ0n) is 23.6. The van der Waals surface area contributed by atoms with Crippen LogP contribution < -0.4 is 10.6 Å². The van der Waals surface area contributed by atoms with Gasteiger partial charge in [0.15, 0.2) is 0 Å². The van der Waals surface area contributed by atoms with E-state index in [-0.39, 0.29) is 36.1 Å². The number of nitrogens with two attached hydrogens (primary N) is 1. The van der Waals surface area contributed by atoms with E-state index in [2.05, 4.69) is 46.1 Å². The molecule has 3 aromatic rings. The van der Waals surface area contributed by atoms with Gasteiger partial charge >= 0.3 is 0 Å². The second kappa shape index (κ2) is 11.1. The number of carbonyl (C=O) groups is 1. The van der Waals surface area contributed by atoms with E-state index in [0.29, 0.717) is 0 Å². The van der Waals surface area contributed by atoms with E-state index in [4.69, 9.17) is 15.5 Å². The molecule has 2 saturated heterocycles. The Kier molecular flexibility index (Phi) is 7.52. The second-order valence-corrected chi connectivity index (χ2v) is 11.7. The lowest BCUT2D eigenvalue weighted by Crippen LogP contribution is -2.53. The Hall–Kier alpha value is -3.05. The van der Waals surface area contributed by atoms with Crippen LogP contribution in [-0.2, 0) is 15.1 Å². The maximum Gasteiger partial charge on any atom is 0.225 e. The van der Waals surface area contributed by atoms with Gasteiger partial charge in [-0.15, -0.1) is 0 Å². The third-order valence-corrected chi connectivity index (χ3v) is 9.41. The summed E-state index contributed by atoms with van der Waals surface area (Å²) in [7, 11) is 1.78. The highest BCUT2D eigenvalue weighted by molar-refractivity contribution is 5.81. The third-order valence-electron chi connectivity index (χ3n) is 9.41. The number of pyridine rings is 1. The average Bonchev–Trinajstić information content (AvgIpc) is 3.44. The van der Waals surface area contributed by atoms with Gasteiger partial charge in [0.2, 0.25) is 5.91 Å². The number of aromatic nitrogens is 3. The molecule has 10 nitrogen and oxygen atoms in total. The van der Waals surface area contributed by atoms with E-state index in [0.717, 1.165) is 93.0 Å². The van der Waals surface area contributed by atoms with E-state index in [1.165, 1.54) is 0 Å². The van der Waals surface area contributed by atoms with Crippen LogP contribution in [0.2, 0.25) is 0 Å². The standard InChI is InChI=1S/C30H41N7O3/c1-21(20-38)34-9-6-30(40-2,7-10-34)24-3-4-26(32-18-24)23-17-28-27(5-8-33-37(28)19-23)35-11-13-36(14-12-35)29(39)22-15-25(31)16-22/h3-5,8,17-19,21-22,25,38H,6-7,9-16,20,31H2,1-2H3/t21-,22?,25?/m1/s1. The van der Waals surface area contributed by atoms with Gasteiger partial charge in [-0.05, 0) is 50.8 Å². The molecule has 1 aliphatic carbocycles. The Morgan fingerprint density at radius 1 is 1.15 bits per heavy atom. The number of piperidine rings is 1. The minimum atomic E-state index is -0.356. The topological polar surface area (TPSA) is 112 Å². The Labute approximate surface area is 235 Å². The second-order valence-electron chi connectivity index (χ2n) is 11.7. The first kappa shape index (κ1) is 27.1. The van der Waals surface area contributed by atoms with Crippen molar-refractivity contribution in [1.29, 1.82) is 0 Å². The monoisotopic (exact) mass is 547 g/mol. The molecule has 2 aliphatic heterocycles. The van der Waals surface area contributed by atoms with Crippen molar-refractivity contribution in [2.45, 2.75) is 50.3 Å². The van der Waals surface area contributed by atoms with Crippen molar-refractivity contribution in [3.63, 3.8) is 0 Å². The minimum absolute atomic E-state index is 0.114. The molecule has 214 valence electrons. The molecule has 5 heterocycles. The summed E-state index contributed by atoms with van der Waals surface area (Å²) in [6, 6.07) is 8.78. The van der Waals surface area contributed by atoms with Gasteiger partial charge in [0.1, 0.15) is 0 Å². The van der Waals surface area contributed by atoms with E-state index < -0.39 is 0 Å². The molecule has 3 N–H and O–H groups in total. The highest BCUT2D eigenvalue weighted by Crippen LogP contribution is 2.37. The molecule has 1 saturated carbocycles. The lowest BCUT2D eigenvalue weighted by molar-refractivity contribution is -0.139. The van der Waals surface area contributed by atoms with E-state index in [9.17, 15) is 9.90 Å². The molecule has 0 spiro atoms. The quantitative estimate of drug-likeness (QED) is 0.463. The third kappa shape index (κ3) is 4.98. The number of fused-ring (bicyclic) bond motifs is 1.